The minimum absolute atomic E-state index is 0.0194. The molecule has 1 fully saturated rings. The van der Waals surface area contributed by atoms with Gasteiger partial charge in [0.25, 0.3) is 0 Å². The molecule has 0 aromatic carbocycles. The number of alkyl halides is 2. The van der Waals surface area contributed by atoms with Crippen molar-refractivity contribution in [2.75, 3.05) is 17.4 Å². The Hall–Kier alpha value is 0.550. The van der Waals surface area contributed by atoms with Crippen molar-refractivity contribution in [2.24, 2.45) is 0 Å². The lowest BCUT2D eigenvalue weighted by Crippen LogP contribution is -2.17. The third kappa shape index (κ3) is 3.31. The van der Waals surface area contributed by atoms with Crippen LogP contribution in [0.1, 0.15) is 0 Å². The van der Waals surface area contributed by atoms with Crippen LogP contribution in [-0.4, -0.2) is 41.5 Å². The average molecular weight is 263 g/mol. The van der Waals surface area contributed by atoms with E-state index in [0.29, 0.717) is 0 Å². The van der Waals surface area contributed by atoms with Crippen molar-refractivity contribution in [3.63, 3.8) is 0 Å². The smallest absolute Gasteiger partial charge is 0.204 e. The Balaban J connectivity index is 2.59. The van der Waals surface area contributed by atoms with E-state index in [-0.39, 0.29) is 27.8 Å². The van der Waals surface area contributed by atoms with Crippen LogP contribution in [0.25, 0.3) is 0 Å². The van der Waals surface area contributed by atoms with Crippen LogP contribution in [0.3, 0.4) is 0 Å². The molecule has 1 heterocycles. The summed E-state index contributed by atoms with van der Waals surface area (Å²) in [6, 6.07) is 0. The Labute approximate surface area is 91.1 Å². The maximum absolute atomic E-state index is 11.1. The summed E-state index contributed by atoms with van der Waals surface area (Å²) in [5, 5.41) is -1.03. The molecule has 3 nitrogen and oxygen atoms in total. The van der Waals surface area contributed by atoms with Crippen molar-refractivity contribution < 1.29 is 13.2 Å². The zero-order chi connectivity index (χ0) is 10.1. The van der Waals surface area contributed by atoms with Crippen LogP contribution in [0.15, 0.2) is 0 Å². The molecule has 0 N–H and O–H groups in total. The number of sulfone groups is 1. The highest BCUT2D eigenvalue weighted by atomic mass is 35.5. The molecule has 0 bridgehead atoms. The second kappa shape index (κ2) is 4.38. The Kier molecular flexibility index (Phi) is 3.92. The first-order valence-corrected chi connectivity index (χ1v) is 7.22. The summed E-state index contributed by atoms with van der Waals surface area (Å²) in [4.78, 5) is 10.9. The standard InChI is InChI=1S/C6H8Cl2O3S2/c7-1-6(9)12-5-3-13(10,11)2-4(5)8/h4-5H,1-3H2/t4-,5-/m0/s1. The predicted molar refractivity (Wildman–Crippen MR) is 55.4 cm³/mol. The third-order valence-electron chi connectivity index (χ3n) is 1.63. The second-order valence-corrected chi connectivity index (χ2v) is 7.03. The van der Waals surface area contributed by atoms with Gasteiger partial charge in [0, 0.05) is 5.25 Å². The lowest BCUT2D eigenvalue weighted by Gasteiger charge is -2.07. The largest absolute Gasteiger partial charge is 0.286 e. The summed E-state index contributed by atoms with van der Waals surface area (Å²) >= 11 is 12.0. The van der Waals surface area contributed by atoms with Gasteiger partial charge in [0.15, 0.2) is 9.84 Å². The molecule has 7 heteroatoms. The van der Waals surface area contributed by atoms with E-state index in [9.17, 15) is 13.2 Å². The minimum Gasteiger partial charge on any atom is -0.286 e. The van der Waals surface area contributed by atoms with Gasteiger partial charge < -0.3 is 0 Å². The highest BCUT2D eigenvalue weighted by molar-refractivity contribution is 8.15. The van der Waals surface area contributed by atoms with Crippen molar-refractivity contribution >= 4 is 49.9 Å². The molecule has 1 saturated heterocycles. The van der Waals surface area contributed by atoms with Gasteiger partial charge in [0.05, 0.1) is 22.8 Å². The Morgan fingerprint density at radius 1 is 1.46 bits per heavy atom. The van der Waals surface area contributed by atoms with Gasteiger partial charge >= 0.3 is 0 Å². The van der Waals surface area contributed by atoms with Gasteiger partial charge in [-0.15, -0.1) is 23.2 Å². The highest BCUT2D eigenvalue weighted by Crippen LogP contribution is 2.29. The van der Waals surface area contributed by atoms with Crippen molar-refractivity contribution in [3.8, 4) is 0 Å². The van der Waals surface area contributed by atoms with Crippen LogP contribution in [0.5, 0.6) is 0 Å². The van der Waals surface area contributed by atoms with Gasteiger partial charge in [-0.3, -0.25) is 4.79 Å². The molecule has 2 atom stereocenters. The van der Waals surface area contributed by atoms with E-state index >= 15 is 0 Å². The minimum atomic E-state index is -3.05. The molecular weight excluding hydrogens is 255 g/mol. The molecular formula is C6H8Cl2O3S2. The molecule has 13 heavy (non-hydrogen) atoms. The van der Waals surface area contributed by atoms with E-state index in [2.05, 4.69) is 0 Å². The van der Waals surface area contributed by atoms with Gasteiger partial charge in [-0.05, 0) is 0 Å². The maximum Gasteiger partial charge on any atom is 0.204 e. The van der Waals surface area contributed by atoms with Crippen molar-refractivity contribution in [3.05, 3.63) is 0 Å². The number of carbonyl (C=O) groups is 1. The molecule has 0 radical (unpaired) electrons. The maximum atomic E-state index is 11.1. The number of halogens is 2. The lowest BCUT2D eigenvalue weighted by molar-refractivity contribution is -0.108. The fourth-order valence-electron chi connectivity index (χ4n) is 1.08. The topological polar surface area (TPSA) is 51.2 Å². The number of carbonyl (C=O) groups excluding carboxylic acids is 1. The average Bonchev–Trinajstić information content (AvgIpc) is 2.24. The number of hydrogen-bond acceptors (Lipinski definition) is 4. The Morgan fingerprint density at radius 3 is 2.46 bits per heavy atom. The van der Waals surface area contributed by atoms with Crippen molar-refractivity contribution in [2.45, 2.75) is 10.6 Å². The van der Waals surface area contributed by atoms with Crippen LogP contribution >= 0.6 is 35.0 Å². The molecule has 0 spiro atoms. The molecule has 0 aromatic heterocycles. The molecule has 0 unspecified atom stereocenters. The molecule has 0 aliphatic carbocycles. The lowest BCUT2D eigenvalue weighted by atomic mass is 10.4. The van der Waals surface area contributed by atoms with Gasteiger partial charge in [-0.2, -0.15) is 0 Å². The first-order valence-electron chi connectivity index (χ1n) is 3.54. The van der Waals surface area contributed by atoms with Gasteiger partial charge in [-0.25, -0.2) is 8.42 Å². The summed E-state index contributed by atoms with van der Waals surface area (Å²) in [5.41, 5.74) is 0. The second-order valence-electron chi connectivity index (χ2n) is 2.75. The number of rotatable bonds is 2. The highest BCUT2D eigenvalue weighted by Gasteiger charge is 2.37. The normalized spacial score (nSPS) is 31.8. The van der Waals surface area contributed by atoms with E-state index in [4.69, 9.17) is 23.2 Å². The SMILES string of the molecule is O=C(CCl)S[C@H]1CS(=O)(=O)C[C@@H]1Cl. The van der Waals surface area contributed by atoms with Crippen molar-refractivity contribution in [1.29, 1.82) is 0 Å². The van der Waals surface area contributed by atoms with E-state index in [1.165, 1.54) is 0 Å². The predicted octanol–water partition coefficient (Wildman–Crippen LogP) is 0.889. The number of hydrogen-bond donors (Lipinski definition) is 0. The van der Waals surface area contributed by atoms with Crippen LogP contribution in [0, 0.1) is 0 Å². The third-order valence-corrected chi connectivity index (χ3v) is 5.97. The van der Waals surface area contributed by atoms with Gasteiger partial charge in [0.1, 0.15) is 0 Å². The first kappa shape index (κ1) is 11.6. The summed E-state index contributed by atoms with van der Waals surface area (Å²) in [6.45, 7) is 0. The Bertz CT molecular complexity index is 301. The van der Waals surface area contributed by atoms with Crippen LogP contribution < -0.4 is 0 Å². The van der Waals surface area contributed by atoms with E-state index in [1.54, 1.807) is 0 Å². The molecule has 0 amide bonds. The van der Waals surface area contributed by atoms with Crippen LogP contribution in [0.4, 0.5) is 0 Å². The molecule has 0 saturated carbocycles. The van der Waals surface area contributed by atoms with E-state index in [1.807, 2.05) is 0 Å². The summed E-state index contributed by atoms with van der Waals surface area (Å²) in [6.07, 6.45) is 0. The van der Waals surface area contributed by atoms with Crippen LogP contribution in [-0.2, 0) is 14.6 Å². The van der Waals surface area contributed by atoms with Crippen molar-refractivity contribution in [1.82, 2.24) is 0 Å². The molecule has 1 rings (SSSR count). The molecule has 1 aliphatic heterocycles. The summed E-state index contributed by atoms with van der Waals surface area (Å²) in [5.74, 6) is -0.166. The fraction of sp³-hybridized carbons (Fsp3) is 0.833. The van der Waals surface area contributed by atoms with Gasteiger partial charge in [-0.1, -0.05) is 11.8 Å². The fourth-order valence-corrected chi connectivity index (χ4v) is 5.44. The molecule has 1 aliphatic rings. The zero-order valence-electron chi connectivity index (χ0n) is 6.57. The summed E-state index contributed by atoms with van der Waals surface area (Å²) < 4.78 is 22.2. The quantitative estimate of drug-likeness (QED) is 0.694. The summed E-state index contributed by atoms with van der Waals surface area (Å²) in [7, 11) is -3.05. The first-order chi connectivity index (χ1) is 5.94. The molecule has 0 aromatic rings. The zero-order valence-corrected chi connectivity index (χ0v) is 9.72. The molecule has 76 valence electrons. The van der Waals surface area contributed by atoms with E-state index < -0.39 is 15.2 Å². The number of thioether (sulfide) groups is 1. The van der Waals surface area contributed by atoms with Crippen LogP contribution in [0.2, 0.25) is 0 Å². The monoisotopic (exact) mass is 262 g/mol. The Morgan fingerprint density at radius 2 is 2.08 bits per heavy atom. The van der Waals surface area contributed by atoms with Gasteiger partial charge in [0.2, 0.25) is 5.12 Å². The van der Waals surface area contributed by atoms with E-state index in [0.717, 1.165) is 11.8 Å².